The zero-order chi connectivity index (χ0) is 24.1. The van der Waals surface area contributed by atoms with Crippen molar-refractivity contribution in [1.82, 2.24) is 0 Å². The quantitative estimate of drug-likeness (QED) is 0.516. The fraction of sp³-hybridized carbons (Fsp3) is 0.733. The summed E-state index contributed by atoms with van der Waals surface area (Å²) in [6, 6.07) is 8.09. The number of Topliss-reactive ketones (excluding diaryl/α,β-unsaturated/α-hetero) is 1. The number of hydrogen-bond donors (Lipinski definition) is 2. The van der Waals surface area contributed by atoms with Gasteiger partial charge in [0.2, 0.25) is 0 Å². The molecule has 4 fully saturated rings. The van der Waals surface area contributed by atoms with Crippen LogP contribution in [0.2, 0.25) is 0 Å². The molecule has 4 aliphatic carbocycles. The number of nitrogens with zero attached hydrogens (tertiary/aromatic N) is 1. The van der Waals surface area contributed by atoms with Crippen LogP contribution in [-0.4, -0.2) is 36.3 Å². The Hall–Kier alpha value is -1.68. The monoisotopic (exact) mass is 464 g/mol. The Morgan fingerprint density at radius 1 is 1.03 bits per heavy atom. The molecule has 4 saturated carbocycles. The third-order valence-corrected chi connectivity index (χ3v) is 11.0. The predicted octanol–water partition coefficient (Wildman–Crippen LogP) is 6.13. The fourth-order valence-electron chi connectivity index (χ4n) is 9.18. The van der Waals surface area contributed by atoms with Gasteiger partial charge in [-0.25, -0.2) is 0 Å². The molecular weight excluding hydrogens is 420 g/mol. The minimum atomic E-state index is -0.473. The van der Waals surface area contributed by atoms with Gasteiger partial charge in [0.15, 0.2) is 5.78 Å². The molecule has 0 radical (unpaired) electrons. The molecule has 5 rings (SSSR count). The molecule has 0 aromatic heterocycles. The number of para-hydroxylation sites is 1. The van der Waals surface area contributed by atoms with Gasteiger partial charge in [-0.3, -0.25) is 9.79 Å². The lowest BCUT2D eigenvalue weighted by Crippen LogP contribution is -2.55. The predicted molar refractivity (Wildman–Crippen MR) is 139 cm³/mol. The number of nitrogens with one attached hydrogen (secondary N) is 1. The van der Waals surface area contributed by atoms with Gasteiger partial charge in [0, 0.05) is 30.4 Å². The van der Waals surface area contributed by atoms with E-state index in [2.05, 4.69) is 24.2 Å². The van der Waals surface area contributed by atoms with Crippen molar-refractivity contribution >= 4 is 17.7 Å². The molecule has 1 aromatic carbocycles. The molecule has 0 spiro atoms. The van der Waals surface area contributed by atoms with Crippen LogP contribution in [0.1, 0.15) is 84.1 Å². The van der Waals surface area contributed by atoms with Crippen LogP contribution in [0, 0.1) is 40.4 Å². The second kappa shape index (κ2) is 8.76. The van der Waals surface area contributed by atoms with Crippen molar-refractivity contribution in [3.05, 3.63) is 29.8 Å². The summed E-state index contributed by atoms with van der Waals surface area (Å²) < 4.78 is 0. The second-order valence-corrected chi connectivity index (χ2v) is 12.8. The lowest BCUT2D eigenvalue weighted by molar-refractivity contribution is -0.150. The van der Waals surface area contributed by atoms with Crippen LogP contribution >= 0.6 is 0 Å². The molecule has 0 heterocycles. The number of hydrogen-bond acceptors (Lipinski definition) is 4. The lowest BCUT2D eigenvalue weighted by atomic mass is 9.44. The third-order valence-electron chi connectivity index (χ3n) is 11.0. The number of carbonyl (C=O) groups is 1. The first kappa shape index (κ1) is 24.0. The zero-order valence-electron chi connectivity index (χ0n) is 21.6. The largest absolute Gasteiger partial charge is 0.390 e. The van der Waals surface area contributed by atoms with Crippen molar-refractivity contribution in [3.63, 3.8) is 0 Å². The Kier molecular flexibility index (Phi) is 6.19. The number of rotatable bonds is 5. The molecule has 4 heteroatoms. The number of ketones is 1. The highest BCUT2D eigenvalue weighted by Gasteiger charge is 2.61. The second-order valence-electron chi connectivity index (χ2n) is 12.8. The van der Waals surface area contributed by atoms with E-state index in [1.54, 1.807) is 7.05 Å². The Morgan fingerprint density at radius 3 is 2.59 bits per heavy atom. The van der Waals surface area contributed by atoms with Crippen LogP contribution in [-0.2, 0) is 4.79 Å². The molecule has 4 aliphatic rings. The number of benzene rings is 1. The average molecular weight is 465 g/mol. The van der Waals surface area contributed by atoms with E-state index in [0.29, 0.717) is 29.6 Å². The van der Waals surface area contributed by atoms with Gasteiger partial charge in [0.25, 0.3) is 0 Å². The molecule has 2 N–H and O–H groups in total. The Morgan fingerprint density at radius 2 is 1.79 bits per heavy atom. The van der Waals surface area contributed by atoms with E-state index in [9.17, 15) is 9.90 Å². The molecule has 186 valence electrons. The standard InChI is InChI=1S/C30H44N2O2/c1-28(34)15-16-29(2)21(17-28)9-10-22-23-11-12-25(30(23,3)14-13-24(22)29)27(33)19-32-26-8-6-5-7-20(26)18-31-4/h5-8,18,21-25,32,34H,9-17,19H2,1-4H3/b31-18-/t21-,22+,23+,24+,25-,28-,29+,30+/m1/s1. The molecule has 0 bridgehead atoms. The van der Waals surface area contributed by atoms with Crippen LogP contribution in [0.3, 0.4) is 0 Å². The van der Waals surface area contributed by atoms with Crippen molar-refractivity contribution in [3.8, 4) is 0 Å². The van der Waals surface area contributed by atoms with Crippen LogP contribution < -0.4 is 5.32 Å². The molecule has 0 unspecified atom stereocenters. The van der Waals surface area contributed by atoms with Crippen LogP contribution in [0.15, 0.2) is 29.3 Å². The summed E-state index contributed by atoms with van der Waals surface area (Å²) in [4.78, 5) is 17.7. The van der Waals surface area contributed by atoms with Gasteiger partial charge in [-0.15, -0.1) is 0 Å². The average Bonchev–Trinajstić information content (AvgIpc) is 3.16. The maximum atomic E-state index is 13.5. The van der Waals surface area contributed by atoms with Gasteiger partial charge >= 0.3 is 0 Å². The van der Waals surface area contributed by atoms with E-state index in [-0.39, 0.29) is 11.3 Å². The Labute approximate surface area is 206 Å². The minimum Gasteiger partial charge on any atom is -0.390 e. The first-order valence-electron chi connectivity index (χ1n) is 13.7. The van der Waals surface area contributed by atoms with Gasteiger partial charge < -0.3 is 10.4 Å². The third kappa shape index (κ3) is 3.94. The number of aliphatic hydroxyl groups is 1. The van der Waals surface area contributed by atoms with Gasteiger partial charge in [-0.2, -0.15) is 0 Å². The fourth-order valence-corrected chi connectivity index (χ4v) is 9.18. The SMILES string of the molecule is C/N=C\c1ccccc1NCC(=O)[C@H]1CC[C@H]2[C@@H]3CC[C@@H]4C[C@](C)(O)CC[C@]4(C)[C@H]3CC[C@]12C. The van der Waals surface area contributed by atoms with Gasteiger partial charge in [0.05, 0.1) is 12.1 Å². The van der Waals surface area contributed by atoms with E-state index < -0.39 is 5.60 Å². The Bertz CT molecular complexity index is 955. The highest BCUT2D eigenvalue weighted by molar-refractivity contribution is 5.90. The van der Waals surface area contributed by atoms with Crippen LogP contribution in [0.4, 0.5) is 5.69 Å². The van der Waals surface area contributed by atoms with Gasteiger partial charge in [-0.05, 0) is 105 Å². The summed E-state index contributed by atoms with van der Waals surface area (Å²) in [5, 5.41) is 14.2. The highest BCUT2D eigenvalue weighted by Crippen LogP contribution is 2.68. The summed E-state index contributed by atoms with van der Waals surface area (Å²) in [5.41, 5.74) is 2.07. The Balaban J connectivity index is 1.29. The maximum absolute atomic E-state index is 13.5. The number of carbonyl (C=O) groups excluding carboxylic acids is 1. The van der Waals surface area contributed by atoms with Crippen LogP contribution in [0.25, 0.3) is 0 Å². The first-order valence-corrected chi connectivity index (χ1v) is 13.7. The number of fused-ring (bicyclic) bond motifs is 5. The minimum absolute atomic E-state index is 0.147. The summed E-state index contributed by atoms with van der Waals surface area (Å²) in [7, 11) is 1.78. The molecular formula is C30H44N2O2. The van der Waals surface area contributed by atoms with Gasteiger partial charge in [0.1, 0.15) is 0 Å². The summed E-state index contributed by atoms with van der Waals surface area (Å²) in [6.07, 6.45) is 12.2. The van der Waals surface area contributed by atoms with Crippen molar-refractivity contribution in [2.24, 2.45) is 45.4 Å². The van der Waals surface area contributed by atoms with E-state index in [1.165, 1.54) is 38.5 Å². The summed E-state index contributed by atoms with van der Waals surface area (Å²) >= 11 is 0. The molecule has 0 amide bonds. The summed E-state index contributed by atoms with van der Waals surface area (Å²) in [6.45, 7) is 7.45. The zero-order valence-corrected chi connectivity index (χ0v) is 21.6. The number of anilines is 1. The normalized spacial score (nSPS) is 43.7. The van der Waals surface area contributed by atoms with Crippen molar-refractivity contribution < 1.29 is 9.90 Å². The van der Waals surface area contributed by atoms with Gasteiger partial charge in [-0.1, -0.05) is 32.0 Å². The molecule has 1 aromatic rings. The lowest BCUT2D eigenvalue weighted by Gasteiger charge is -2.61. The van der Waals surface area contributed by atoms with Crippen molar-refractivity contribution in [2.75, 3.05) is 18.9 Å². The smallest absolute Gasteiger partial charge is 0.155 e. The molecule has 34 heavy (non-hydrogen) atoms. The number of aliphatic imine (C=N–C) groups is 1. The summed E-state index contributed by atoms with van der Waals surface area (Å²) in [5.74, 6) is 3.44. The maximum Gasteiger partial charge on any atom is 0.155 e. The van der Waals surface area contributed by atoms with E-state index in [1.807, 2.05) is 37.4 Å². The van der Waals surface area contributed by atoms with E-state index >= 15 is 0 Å². The highest BCUT2D eigenvalue weighted by atomic mass is 16.3. The molecule has 8 atom stereocenters. The molecule has 0 aliphatic heterocycles. The van der Waals surface area contributed by atoms with E-state index in [4.69, 9.17) is 0 Å². The van der Waals surface area contributed by atoms with E-state index in [0.717, 1.165) is 42.3 Å². The molecule has 4 nitrogen and oxygen atoms in total. The first-order chi connectivity index (χ1) is 16.2. The van der Waals surface area contributed by atoms with Crippen LogP contribution in [0.5, 0.6) is 0 Å². The van der Waals surface area contributed by atoms with Crippen molar-refractivity contribution in [1.29, 1.82) is 0 Å². The van der Waals surface area contributed by atoms with Crippen molar-refractivity contribution in [2.45, 2.75) is 84.2 Å². The topological polar surface area (TPSA) is 61.7 Å². The molecule has 0 saturated heterocycles.